The fourth-order valence-corrected chi connectivity index (χ4v) is 2.92. The summed E-state index contributed by atoms with van der Waals surface area (Å²) < 4.78 is 5.21. The average molecular weight is 270 g/mol. The normalized spacial score (nSPS) is 30.3. The molecular weight excluding hydrogens is 248 g/mol. The molecule has 108 valence electrons. The van der Waals surface area contributed by atoms with Crippen molar-refractivity contribution in [3.8, 4) is 0 Å². The minimum Gasteiger partial charge on any atom is -0.481 e. The van der Waals surface area contributed by atoms with Gasteiger partial charge >= 0.3 is 5.97 Å². The van der Waals surface area contributed by atoms with Gasteiger partial charge in [0.15, 0.2) is 0 Å². The zero-order chi connectivity index (χ0) is 14.1. The number of carbonyl (C=O) groups is 2. The van der Waals surface area contributed by atoms with Crippen molar-refractivity contribution in [1.29, 1.82) is 0 Å². The highest BCUT2D eigenvalue weighted by Gasteiger charge is 2.45. The van der Waals surface area contributed by atoms with E-state index in [-0.39, 0.29) is 12.5 Å². The average Bonchev–Trinajstić information content (AvgIpc) is 2.86. The second kappa shape index (κ2) is 5.09. The molecule has 1 amide bonds. The standard InChI is InChI=1S/C13H22N2O4/c1-2-12(11(17)18)3-6-15(7-4-12)10(16)13(14)5-8-19-9-13/h2-9,14H2,1H3,(H,17,18). The van der Waals surface area contributed by atoms with Gasteiger partial charge in [-0.2, -0.15) is 0 Å². The molecule has 2 saturated heterocycles. The van der Waals surface area contributed by atoms with E-state index in [4.69, 9.17) is 10.5 Å². The Bertz CT molecular complexity index is 369. The molecule has 0 bridgehead atoms. The van der Waals surface area contributed by atoms with Crippen molar-refractivity contribution in [1.82, 2.24) is 4.90 Å². The summed E-state index contributed by atoms with van der Waals surface area (Å²) >= 11 is 0. The molecule has 2 aliphatic heterocycles. The van der Waals surface area contributed by atoms with E-state index in [1.54, 1.807) is 4.90 Å². The van der Waals surface area contributed by atoms with E-state index in [0.29, 0.717) is 45.4 Å². The van der Waals surface area contributed by atoms with Gasteiger partial charge in [-0.25, -0.2) is 0 Å². The number of ether oxygens (including phenoxy) is 1. The molecule has 2 heterocycles. The van der Waals surface area contributed by atoms with Gasteiger partial charge in [-0.1, -0.05) is 6.92 Å². The van der Waals surface area contributed by atoms with Crippen molar-refractivity contribution < 1.29 is 19.4 Å². The molecule has 0 spiro atoms. The summed E-state index contributed by atoms with van der Waals surface area (Å²) in [5.74, 6) is -0.853. The quantitative estimate of drug-likeness (QED) is 0.764. The first-order valence-electron chi connectivity index (χ1n) is 6.83. The number of rotatable bonds is 3. The van der Waals surface area contributed by atoms with Crippen LogP contribution in [0.25, 0.3) is 0 Å². The van der Waals surface area contributed by atoms with Crippen molar-refractivity contribution in [2.45, 2.75) is 38.1 Å². The van der Waals surface area contributed by atoms with Gasteiger partial charge in [-0.15, -0.1) is 0 Å². The maximum absolute atomic E-state index is 12.4. The summed E-state index contributed by atoms with van der Waals surface area (Å²) in [5, 5.41) is 9.33. The number of likely N-dealkylation sites (tertiary alicyclic amines) is 1. The highest BCUT2D eigenvalue weighted by Crippen LogP contribution is 2.36. The second-order valence-corrected chi connectivity index (χ2v) is 5.69. The Morgan fingerprint density at radius 1 is 1.32 bits per heavy atom. The fourth-order valence-electron chi connectivity index (χ4n) is 2.92. The molecule has 1 unspecified atom stereocenters. The SMILES string of the molecule is CCC1(C(=O)O)CCN(C(=O)C2(N)CCOC2)CC1. The van der Waals surface area contributed by atoms with Crippen LogP contribution in [-0.4, -0.2) is 53.7 Å². The third-order valence-corrected chi connectivity index (χ3v) is 4.62. The van der Waals surface area contributed by atoms with Crippen LogP contribution >= 0.6 is 0 Å². The van der Waals surface area contributed by atoms with Crippen molar-refractivity contribution in [3.05, 3.63) is 0 Å². The number of carboxylic acid groups (broad SMARTS) is 1. The number of carboxylic acids is 1. The smallest absolute Gasteiger partial charge is 0.309 e. The lowest BCUT2D eigenvalue weighted by molar-refractivity contribution is -0.155. The Labute approximate surface area is 112 Å². The first-order chi connectivity index (χ1) is 8.93. The maximum Gasteiger partial charge on any atom is 0.309 e. The van der Waals surface area contributed by atoms with Gasteiger partial charge in [0.1, 0.15) is 5.54 Å². The van der Waals surface area contributed by atoms with Crippen LogP contribution in [0.1, 0.15) is 32.6 Å². The van der Waals surface area contributed by atoms with Crippen LogP contribution in [0.15, 0.2) is 0 Å². The second-order valence-electron chi connectivity index (χ2n) is 5.69. The van der Waals surface area contributed by atoms with E-state index in [1.165, 1.54) is 0 Å². The number of hydrogen-bond donors (Lipinski definition) is 2. The van der Waals surface area contributed by atoms with Crippen LogP contribution in [0.5, 0.6) is 0 Å². The largest absolute Gasteiger partial charge is 0.481 e. The Morgan fingerprint density at radius 3 is 2.37 bits per heavy atom. The van der Waals surface area contributed by atoms with Gasteiger partial charge in [0.25, 0.3) is 0 Å². The van der Waals surface area contributed by atoms with Gasteiger partial charge in [0, 0.05) is 19.7 Å². The summed E-state index contributed by atoms with van der Waals surface area (Å²) in [6, 6.07) is 0. The van der Waals surface area contributed by atoms with Gasteiger partial charge in [-0.3, -0.25) is 9.59 Å². The molecule has 0 aliphatic carbocycles. The first kappa shape index (κ1) is 14.3. The Balaban J connectivity index is 2.00. The van der Waals surface area contributed by atoms with Crippen LogP contribution in [0.4, 0.5) is 0 Å². The molecule has 0 aromatic carbocycles. The zero-order valence-electron chi connectivity index (χ0n) is 11.4. The molecule has 6 nitrogen and oxygen atoms in total. The van der Waals surface area contributed by atoms with Crippen LogP contribution in [0, 0.1) is 5.41 Å². The molecular formula is C13H22N2O4. The molecule has 2 fully saturated rings. The lowest BCUT2D eigenvalue weighted by atomic mass is 9.76. The third-order valence-electron chi connectivity index (χ3n) is 4.62. The molecule has 0 radical (unpaired) electrons. The van der Waals surface area contributed by atoms with Crippen molar-refractivity contribution in [2.24, 2.45) is 11.1 Å². The highest BCUT2D eigenvalue weighted by molar-refractivity contribution is 5.87. The van der Waals surface area contributed by atoms with Crippen molar-refractivity contribution in [2.75, 3.05) is 26.3 Å². The topological polar surface area (TPSA) is 92.9 Å². The van der Waals surface area contributed by atoms with E-state index in [2.05, 4.69) is 0 Å². The lowest BCUT2D eigenvalue weighted by Crippen LogP contribution is -2.58. The van der Waals surface area contributed by atoms with Crippen molar-refractivity contribution >= 4 is 11.9 Å². The van der Waals surface area contributed by atoms with Gasteiger partial charge in [0.05, 0.1) is 12.0 Å². The van der Waals surface area contributed by atoms with Crippen LogP contribution < -0.4 is 5.73 Å². The molecule has 6 heteroatoms. The van der Waals surface area contributed by atoms with Gasteiger partial charge in [-0.05, 0) is 25.7 Å². The summed E-state index contributed by atoms with van der Waals surface area (Å²) in [7, 11) is 0. The Morgan fingerprint density at radius 2 is 1.95 bits per heavy atom. The van der Waals surface area contributed by atoms with Crippen molar-refractivity contribution in [3.63, 3.8) is 0 Å². The number of piperidine rings is 1. The molecule has 0 saturated carbocycles. The highest BCUT2D eigenvalue weighted by atomic mass is 16.5. The number of amides is 1. The van der Waals surface area contributed by atoms with Gasteiger partial charge in [0.2, 0.25) is 5.91 Å². The first-order valence-corrected chi connectivity index (χ1v) is 6.83. The molecule has 0 aromatic rings. The van der Waals surface area contributed by atoms with E-state index in [1.807, 2.05) is 6.92 Å². The summed E-state index contributed by atoms with van der Waals surface area (Å²) in [6.45, 7) is 3.61. The monoisotopic (exact) mass is 270 g/mol. The zero-order valence-corrected chi connectivity index (χ0v) is 11.4. The molecule has 19 heavy (non-hydrogen) atoms. The molecule has 3 N–H and O–H groups in total. The van der Waals surface area contributed by atoms with E-state index >= 15 is 0 Å². The number of aliphatic carboxylic acids is 1. The summed E-state index contributed by atoms with van der Waals surface area (Å²) in [6.07, 6.45) is 2.14. The van der Waals surface area contributed by atoms with E-state index < -0.39 is 16.9 Å². The molecule has 2 aliphatic rings. The number of hydrogen-bond acceptors (Lipinski definition) is 4. The van der Waals surface area contributed by atoms with Crippen LogP contribution in [-0.2, 0) is 14.3 Å². The Kier molecular flexibility index (Phi) is 3.82. The predicted octanol–water partition coefficient (Wildman–Crippen LogP) is 0.208. The minimum absolute atomic E-state index is 0.0971. The molecule has 1 atom stereocenters. The summed E-state index contributed by atoms with van der Waals surface area (Å²) in [4.78, 5) is 25.4. The number of carbonyl (C=O) groups excluding carboxylic acids is 1. The van der Waals surface area contributed by atoms with Crippen LogP contribution in [0.3, 0.4) is 0 Å². The predicted molar refractivity (Wildman–Crippen MR) is 68.5 cm³/mol. The van der Waals surface area contributed by atoms with E-state index in [0.717, 1.165) is 0 Å². The van der Waals surface area contributed by atoms with E-state index in [9.17, 15) is 14.7 Å². The number of nitrogens with two attached hydrogens (primary N) is 1. The third kappa shape index (κ3) is 2.47. The van der Waals surface area contributed by atoms with Gasteiger partial charge < -0.3 is 20.5 Å². The minimum atomic E-state index is -0.907. The van der Waals surface area contributed by atoms with Crippen LogP contribution in [0.2, 0.25) is 0 Å². The molecule has 0 aromatic heterocycles. The fraction of sp³-hybridized carbons (Fsp3) is 0.846. The summed E-state index contributed by atoms with van der Waals surface area (Å²) in [5.41, 5.74) is 4.48. The maximum atomic E-state index is 12.4. The lowest BCUT2D eigenvalue weighted by Gasteiger charge is -2.40. The molecule has 2 rings (SSSR count). The number of nitrogens with zero attached hydrogens (tertiary/aromatic N) is 1. The Hall–Kier alpha value is -1.14.